The Morgan fingerprint density at radius 2 is 2.41 bits per heavy atom. The van der Waals surface area contributed by atoms with E-state index in [0.717, 1.165) is 0 Å². The van der Waals surface area contributed by atoms with Gasteiger partial charge in [-0.3, -0.25) is 4.79 Å². The molecule has 0 aliphatic carbocycles. The Morgan fingerprint density at radius 1 is 1.65 bits per heavy atom. The van der Waals surface area contributed by atoms with Crippen molar-refractivity contribution >= 4 is 11.7 Å². The lowest BCUT2D eigenvalue weighted by Crippen LogP contribution is -2.30. The average molecular weight is 238 g/mol. The first-order valence-corrected chi connectivity index (χ1v) is 5.37. The lowest BCUT2D eigenvalue weighted by Gasteiger charge is -2.11. The van der Waals surface area contributed by atoms with E-state index in [1.807, 2.05) is 6.92 Å². The fourth-order valence-electron chi connectivity index (χ4n) is 1.36. The van der Waals surface area contributed by atoms with Crippen molar-refractivity contribution < 1.29 is 9.53 Å². The van der Waals surface area contributed by atoms with Crippen LogP contribution in [0.1, 0.15) is 17.3 Å². The van der Waals surface area contributed by atoms with E-state index in [4.69, 9.17) is 10.6 Å². The number of nitrogens with zero attached hydrogens (tertiary/aromatic N) is 1. The molecule has 0 fully saturated rings. The van der Waals surface area contributed by atoms with Crippen molar-refractivity contribution in [3.63, 3.8) is 0 Å². The number of rotatable bonds is 6. The zero-order valence-electron chi connectivity index (χ0n) is 10.1. The van der Waals surface area contributed by atoms with Crippen LogP contribution in [-0.4, -0.2) is 31.2 Å². The summed E-state index contributed by atoms with van der Waals surface area (Å²) in [5.41, 5.74) is 2.92. The molecule has 0 saturated carbocycles. The zero-order valence-corrected chi connectivity index (χ0v) is 10.1. The van der Waals surface area contributed by atoms with E-state index in [1.165, 1.54) is 6.20 Å². The minimum Gasteiger partial charge on any atom is -0.384 e. The number of aromatic nitrogens is 1. The van der Waals surface area contributed by atoms with Gasteiger partial charge in [-0.05, 0) is 18.1 Å². The number of hydrogen-bond donors (Lipinski definition) is 3. The summed E-state index contributed by atoms with van der Waals surface area (Å²) in [6, 6.07) is 3.23. The fourth-order valence-corrected chi connectivity index (χ4v) is 1.36. The van der Waals surface area contributed by atoms with Gasteiger partial charge in [0, 0.05) is 25.4 Å². The highest BCUT2D eigenvalue weighted by Crippen LogP contribution is 2.05. The zero-order chi connectivity index (χ0) is 12.7. The molecule has 6 nitrogen and oxygen atoms in total. The summed E-state index contributed by atoms with van der Waals surface area (Å²) in [6.07, 6.45) is 1.53. The Morgan fingerprint density at radius 3 is 3.06 bits per heavy atom. The van der Waals surface area contributed by atoms with E-state index < -0.39 is 0 Å². The maximum absolute atomic E-state index is 11.8. The van der Waals surface area contributed by atoms with Crippen molar-refractivity contribution in [1.29, 1.82) is 0 Å². The fraction of sp³-hybridized carbons (Fsp3) is 0.455. The monoisotopic (exact) mass is 238 g/mol. The molecule has 0 aromatic carbocycles. The van der Waals surface area contributed by atoms with E-state index in [9.17, 15) is 4.79 Å². The summed E-state index contributed by atoms with van der Waals surface area (Å²) in [6.45, 7) is 3.19. The second-order valence-corrected chi connectivity index (χ2v) is 3.84. The number of ether oxygens (including phenoxy) is 1. The van der Waals surface area contributed by atoms with Crippen molar-refractivity contribution in [3.8, 4) is 0 Å². The Bertz CT molecular complexity index is 370. The normalized spacial score (nSPS) is 11.9. The molecule has 0 aliphatic heterocycles. The summed E-state index contributed by atoms with van der Waals surface area (Å²) in [5, 5.41) is 2.82. The Balaban J connectivity index is 2.51. The standard InChI is InChI=1S/C11H18N4O2/c1-8(7-17-2)6-14-11(16)9-3-4-13-10(5-9)15-12/h3-5,8H,6-7,12H2,1-2H3,(H,13,15)(H,14,16). The second kappa shape index (κ2) is 6.82. The highest BCUT2D eigenvalue weighted by molar-refractivity contribution is 5.94. The van der Waals surface area contributed by atoms with Gasteiger partial charge in [-0.2, -0.15) is 0 Å². The van der Waals surface area contributed by atoms with Crippen LogP contribution in [-0.2, 0) is 4.74 Å². The third-order valence-corrected chi connectivity index (χ3v) is 2.23. The number of hydrogen-bond acceptors (Lipinski definition) is 5. The molecule has 1 amide bonds. The largest absolute Gasteiger partial charge is 0.384 e. The first-order chi connectivity index (χ1) is 8.17. The van der Waals surface area contributed by atoms with Gasteiger partial charge in [0.2, 0.25) is 0 Å². The molecule has 1 rings (SSSR count). The molecule has 94 valence electrons. The van der Waals surface area contributed by atoms with E-state index in [2.05, 4.69) is 15.7 Å². The molecule has 1 aromatic heterocycles. The van der Waals surface area contributed by atoms with Crippen LogP contribution in [0.4, 0.5) is 5.82 Å². The molecule has 1 aromatic rings. The maximum Gasteiger partial charge on any atom is 0.251 e. The van der Waals surface area contributed by atoms with E-state index in [0.29, 0.717) is 24.5 Å². The SMILES string of the molecule is COCC(C)CNC(=O)c1ccnc(NN)c1. The van der Waals surface area contributed by atoms with Crippen LogP contribution >= 0.6 is 0 Å². The van der Waals surface area contributed by atoms with Gasteiger partial charge in [-0.25, -0.2) is 10.8 Å². The molecule has 0 bridgehead atoms. The third-order valence-electron chi connectivity index (χ3n) is 2.23. The van der Waals surface area contributed by atoms with E-state index in [-0.39, 0.29) is 11.8 Å². The van der Waals surface area contributed by atoms with Gasteiger partial charge in [-0.1, -0.05) is 6.92 Å². The van der Waals surface area contributed by atoms with Gasteiger partial charge >= 0.3 is 0 Å². The summed E-state index contributed by atoms with van der Waals surface area (Å²) in [4.78, 5) is 15.7. The van der Waals surface area contributed by atoms with Crippen LogP contribution in [0.15, 0.2) is 18.3 Å². The van der Waals surface area contributed by atoms with Crippen LogP contribution in [0.25, 0.3) is 0 Å². The molecule has 4 N–H and O–H groups in total. The number of hydrazine groups is 1. The second-order valence-electron chi connectivity index (χ2n) is 3.84. The van der Waals surface area contributed by atoms with Gasteiger partial charge in [0.25, 0.3) is 5.91 Å². The molecular formula is C11H18N4O2. The smallest absolute Gasteiger partial charge is 0.251 e. The third kappa shape index (κ3) is 4.38. The lowest BCUT2D eigenvalue weighted by atomic mass is 10.2. The Hall–Kier alpha value is -1.66. The van der Waals surface area contributed by atoms with Crippen molar-refractivity contribution in [2.45, 2.75) is 6.92 Å². The molecule has 0 aliphatic rings. The highest BCUT2D eigenvalue weighted by Gasteiger charge is 2.08. The minimum atomic E-state index is -0.146. The number of nitrogens with two attached hydrogens (primary N) is 1. The van der Waals surface area contributed by atoms with Crippen molar-refractivity contribution in [2.24, 2.45) is 11.8 Å². The molecule has 0 spiro atoms. The van der Waals surface area contributed by atoms with Gasteiger partial charge in [0.15, 0.2) is 0 Å². The Labute approximate surface area is 101 Å². The number of amides is 1. The van der Waals surface area contributed by atoms with Crippen molar-refractivity contribution in [1.82, 2.24) is 10.3 Å². The van der Waals surface area contributed by atoms with Gasteiger partial charge < -0.3 is 15.5 Å². The highest BCUT2D eigenvalue weighted by atomic mass is 16.5. The molecule has 17 heavy (non-hydrogen) atoms. The van der Waals surface area contributed by atoms with Crippen LogP contribution < -0.4 is 16.6 Å². The van der Waals surface area contributed by atoms with Gasteiger partial charge in [0.05, 0.1) is 6.61 Å². The number of pyridine rings is 1. The van der Waals surface area contributed by atoms with E-state index >= 15 is 0 Å². The maximum atomic E-state index is 11.8. The van der Waals surface area contributed by atoms with Crippen LogP contribution in [0.2, 0.25) is 0 Å². The predicted molar refractivity (Wildman–Crippen MR) is 65.4 cm³/mol. The average Bonchev–Trinajstić information content (AvgIpc) is 2.36. The molecule has 1 unspecified atom stereocenters. The number of methoxy groups -OCH3 is 1. The van der Waals surface area contributed by atoms with Crippen molar-refractivity contribution in [3.05, 3.63) is 23.9 Å². The molecule has 0 radical (unpaired) electrons. The summed E-state index contributed by atoms with van der Waals surface area (Å²) < 4.78 is 4.99. The molecule has 6 heteroatoms. The van der Waals surface area contributed by atoms with Gasteiger partial charge in [-0.15, -0.1) is 0 Å². The Kier molecular flexibility index (Phi) is 5.38. The van der Waals surface area contributed by atoms with E-state index in [1.54, 1.807) is 19.2 Å². The summed E-state index contributed by atoms with van der Waals surface area (Å²) in [5.74, 6) is 5.81. The number of nitrogens with one attached hydrogen (secondary N) is 2. The van der Waals surface area contributed by atoms with Crippen LogP contribution in [0.3, 0.4) is 0 Å². The first-order valence-electron chi connectivity index (χ1n) is 5.37. The molecule has 1 heterocycles. The van der Waals surface area contributed by atoms with Gasteiger partial charge in [0.1, 0.15) is 5.82 Å². The topological polar surface area (TPSA) is 89.3 Å². The number of carbonyl (C=O) groups is 1. The summed E-state index contributed by atoms with van der Waals surface area (Å²) in [7, 11) is 1.64. The lowest BCUT2D eigenvalue weighted by molar-refractivity contribution is 0.0934. The van der Waals surface area contributed by atoms with Crippen LogP contribution in [0, 0.1) is 5.92 Å². The predicted octanol–water partition coefficient (Wildman–Crippen LogP) is 0.380. The molecule has 0 saturated heterocycles. The molecule has 1 atom stereocenters. The minimum absolute atomic E-state index is 0.146. The number of nitrogen functional groups attached to an aromatic ring is 1. The number of carbonyl (C=O) groups excluding carboxylic acids is 1. The molecular weight excluding hydrogens is 220 g/mol. The summed E-state index contributed by atoms with van der Waals surface area (Å²) >= 11 is 0. The van der Waals surface area contributed by atoms with Crippen molar-refractivity contribution in [2.75, 3.05) is 25.7 Å². The first kappa shape index (κ1) is 13.4. The quantitative estimate of drug-likeness (QED) is 0.492. The number of anilines is 1. The van der Waals surface area contributed by atoms with Crippen LogP contribution in [0.5, 0.6) is 0 Å².